The summed E-state index contributed by atoms with van der Waals surface area (Å²) in [5.41, 5.74) is 5.36. The fourth-order valence-electron chi connectivity index (χ4n) is 1.98. The number of aliphatic hydroxyl groups excluding tert-OH is 1. The second-order valence-corrected chi connectivity index (χ2v) is 4.68. The maximum atomic E-state index is 11.6. The molecular formula is C10H20N2O2. The number of nitrogens with zero attached hydrogens (tertiary/aromatic N) is 1. The lowest BCUT2D eigenvalue weighted by Gasteiger charge is -2.23. The molecule has 4 heteroatoms. The van der Waals surface area contributed by atoms with E-state index in [1.165, 1.54) is 0 Å². The summed E-state index contributed by atoms with van der Waals surface area (Å²) in [6.45, 7) is 6.13. The number of carbonyl (C=O) groups excluding carboxylic acids is 1. The van der Waals surface area contributed by atoms with E-state index in [4.69, 9.17) is 10.8 Å². The quantitative estimate of drug-likeness (QED) is 0.663. The largest absolute Gasteiger partial charge is 0.396 e. The van der Waals surface area contributed by atoms with Crippen molar-refractivity contribution in [2.75, 3.05) is 26.2 Å². The Hall–Kier alpha value is -0.610. The van der Waals surface area contributed by atoms with Gasteiger partial charge in [0.2, 0.25) is 5.91 Å². The lowest BCUT2D eigenvalue weighted by atomic mass is 9.83. The van der Waals surface area contributed by atoms with Gasteiger partial charge in [-0.25, -0.2) is 0 Å². The Morgan fingerprint density at radius 1 is 1.64 bits per heavy atom. The standard InChI is InChI=1S/C10H20N2O2/c1-10(2)7-12(5-8(10)6-13)9(14)3-4-11/h8,13H,3-7,11H2,1-2H3/t8-/m1/s1. The summed E-state index contributed by atoms with van der Waals surface area (Å²) in [5.74, 6) is 0.306. The minimum atomic E-state index is 0.0268. The first kappa shape index (κ1) is 11.5. The molecule has 0 bridgehead atoms. The normalized spacial score (nSPS) is 25.4. The molecule has 1 atom stereocenters. The number of likely N-dealkylation sites (tertiary alicyclic amines) is 1. The van der Waals surface area contributed by atoms with Crippen LogP contribution in [0.3, 0.4) is 0 Å². The lowest BCUT2D eigenvalue weighted by Crippen LogP contribution is -2.31. The Morgan fingerprint density at radius 3 is 2.71 bits per heavy atom. The van der Waals surface area contributed by atoms with Crippen LogP contribution in [0.25, 0.3) is 0 Å². The molecule has 0 spiro atoms. The van der Waals surface area contributed by atoms with Crippen LogP contribution in [0.1, 0.15) is 20.3 Å². The van der Waals surface area contributed by atoms with Gasteiger partial charge in [0.25, 0.3) is 0 Å². The zero-order valence-corrected chi connectivity index (χ0v) is 8.99. The summed E-state index contributed by atoms with van der Waals surface area (Å²) in [4.78, 5) is 13.4. The monoisotopic (exact) mass is 200 g/mol. The van der Waals surface area contributed by atoms with E-state index in [9.17, 15) is 4.79 Å². The van der Waals surface area contributed by atoms with Crippen LogP contribution in [0, 0.1) is 11.3 Å². The third-order valence-electron chi connectivity index (χ3n) is 3.08. The van der Waals surface area contributed by atoms with Crippen molar-refractivity contribution >= 4 is 5.91 Å². The van der Waals surface area contributed by atoms with Crippen molar-refractivity contribution in [3.63, 3.8) is 0 Å². The third kappa shape index (κ3) is 2.25. The Labute approximate surface area is 85.1 Å². The van der Waals surface area contributed by atoms with Crippen LogP contribution in [-0.4, -0.2) is 42.2 Å². The van der Waals surface area contributed by atoms with Crippen molar-refractivity contribution in [3.8, 4) is 0 Å². The summed E-state index contributed by atoms with van der Waals surface area (Å²) in [5, 5.41) is 9.17. The molecule has 1 fully saturated rings. The van der Waals surface area contributed by atoms with Gasteiger partial charge in [0.1, 0.15) is 0 Å². The average molecular weight is 200 g/mol. The molecule has 0 aromatic carbocycles. The second kappa shape index (κ2) is 4.28. The van der Waals surface area contributed by atoms with E-state index in [2.05, 4.69) is 13.8 Å². The Bertz CT molecular complexity index is 216. The van der Waals surface area contributed by atoms with Crippen LogP contribution in [-0.2, 0) is 4.79 Å². The molecule has 1 aliphatic rings. The summed E-state index contributed by atoms with van der Waals surface area (Å²) in [6, 6.07) is 0. The van der Waals surface area contributed by atoms with Crippen LogP contribution >= 0.6 is 0 Å². The van der Waals surface area contributed by atoms with E-state index in [0.29, 0.717) is 19.5 Å². The molecule has 82 valence electrons. The SMILES string of the molecule is CC1(C)CN(C(=O)CCN)C[C@@H]1CO. The second-order valence-electron chi connectivity index (χ2n) is 4.68. The summed E-state index contributed by atoms with van der Waals surface area (Å²) in [6.07, 6.45) is 0.411. The molecule has 14 heavy (non-hydrogen) atoms. The van der Waals surface area contributed by atoms with Gasteiger partial charge in [-0.3, -0.25) is 4.79 Å². The van der Waals surface area contributed by atoms with Crippen LogP contribution in [0.15, 0.2) is 0 Å². The molecule has 0 aromatic heterocycles. The Kier molecular flexibility index (Phi) is 3.50. The summed E-state index contributed by atoms with van der Waals surface area (Å²) >= 11 is 0. The van der Waals surface area contributed by atoms with Gasteiger partial charge in [-0.2, -0.15) is 0 Å². The minimum Gasteiger partial charge on any atom is -0.396 e. The van der Waals surface area contributed by atoms with Crippen molar-refractivity contribution < 1.29 is 9.90 Å². The summed E-state index contributed by atoms with van der Waals surface area (Å²) in [7, 11) is 0. The first-order valence-electron chi connectivity index (χ1n) is 5.10. The molecule has 1 saturated heterocycles. The highest BCUT2D eigenvalue weighted by molar-refractivity contribution is 5.76. The molecule has 0 unspecified atom stereocenters. The van der Waals surface area contributed by atoms with Gasteiger partial charge in [-0.1, -0.05) is 13.8 Å². The zero-order valence-electron chi connectivity index (χ0n) is 8.99. The zero-order chi connectivity index (χ0) is 10.8. The molecule has 3 N–H and O–H groups in total. The van der Waals surface area contributed by atoms with E-state index in [1.807, 2.05) is 4.90 Å². The van der Waals surface area contributed by atoms with Gasteiger partial charge in [0.05, 0.1) is 0 Å². The Balaban J connectivity index is 2.57. The van der Waals surface area contributed by atoms with Crippen molar-refractivity contribution in [1.82, 2.24) is 4.90 Å². The number of amides is 1. The van der Waals surface area contributed by atoms with Crippen molar-refractivity contribution in [1.29, 1.82) is 0 Å². The van der Waals surface area contributed by atoms with Gasteiger partial charge < -0.3 is 15.7 Å². The first-order valence-corrected chi connectivity index (χ1v) is 5.10. The molecule has 0 aromatic rings. The van der Waals surface area contributed by atoms with Crippen molar-refractivity contribution in [3.05, 3.63) is 0 Å². The van der Waals surface area contributed by atoms with Gasteiger partial charge in [0.15, 0.2) is 0 Å². The van der Waals surface area contributed by atoms with Crippen molar-refractivity contribution in [2.45, 2.75) is 20.3 Å². The number of aliphatic hydroxyl groups is 1. The molecule has 1 aliphatic heterocycles. The number of hydrogen-bond donors (Lipinski definition) is 2. The molecule has 1 rings (SSSR count). The van der Waals surface area contributed by atoms with E-state index < -0.39 is 0 Å². The van der Waals surface area contributed by atoms with Gasteiger partial charge in [-0.05, 0) is 5.41 Å². The summed E-state index contributed by atoms with van der Waals surface area (Å²) < 4.78 is 0. The van der Waals surface area contributed by atoms with Crippen molar-refractivity contribution in [2.24, 2.45) is 17.1 Å². The van der Waals surface area contributed by atoms with Crippen LogP contribution in [0.2, 0.25) is 0 Å². The molecular weight excluding hydrogens is 180 g/mol. The van der Waals surface area contributed by atoms with Crippen LogP contribution in [0.4, 0.5) is 0 Å². The first-order chi connectivity index (χ1) is 6.51. The van der Waals surface area contributed by atoms with E-state index in [0.717, 1.165) is 6.54 Å². The number of rotatable bonds is 3. The van der Waals surface area contributed by atoms with Gasteiger partial charge in [0, 0.05) is 38.6 Å². The molecule has 4 nitrogen and oxygen atoms in total. The fourth-order valence-corrected chi connectivity index (χ4v) is 1.98. The fraction of sp³-hybridized carbons (Fsp3) is 0.900. The predicted octanol–water partition coefficient (Wildman–Crippen LogP) is -0.188. The van der Waals surface area contributed by atoms with E-state index >= 15 is 0 Å². The maximum absolute atomic E-state index is 11.6. The highest BCUT2D eigenvalue weighted by Crippen LogP contribution is 2.34. The number of hydrogen-bond acceptors (Lipinski definition) is 3. The molecule has 0 saturated carbocycles. The topological polar surface area (TPSA) is 66.6 Å². The number of carbonyl (C=O) groups is 1. The van der Waals surface area contributed by atoms with Crippen LogP contribution < -0.4 is 5.73 Å². The van der Waals surface area contributed by atoms with Crippen LogP contribution in [0.5, 0.6) is 0 Å². The molecule has 0 radical (unpaired) electrons. The lowest BCUT2D eigenvalue weighted by molar-refractivity contribution is -0.130. The van der Waals surface area contributed by atoms with E-state index in [1.54, 1.807) is 0 Å². The maximum Gasteiger partial charge on any atom is 0.223 e. The molecule has 1 amide bonds. The van der Waals surface area contributed by atoms with Gasteiger partial charge >= 0.3 is 0 Å². The third-order valence-corrected chi connectivity index (χ3v) is 3.08. The number of nitrogens with two attached hydrogens (primary N) is 1. The molecule has 0 aliphatic carbocycles. The van der Waals surface area contributed by atoms with E-state index in [-0.39, 0.29) is 23.8 Å². The molecule has 1 heterocycles. The predicted molar refractivity (Wildman–Crippen MR) is 54.6 cm³/mol. The minimum absolute atomic E-state index is 0.0268. The highest BCUT2D eigenvalue weighted by atomic mass is 16.3. The Morgan fingerprint density at radius 2 is 2.29 bits per heavy atom. The van der Waals surface area contributed by atoms with Gasteiger partial charge in [-0.15, -0.1) is 0 Å². The highest BCUT2D eigenvalue weighted by Gasteiger charge is 2.40. The smallest absolute Gasteiger partial charge is 0.223 e. The average Bonchev–Trinajstić information content (AvgIpc) is 2.41.